The molecule has 1 aromatic carbocycles. The minimum atomic E-state index is -3.92. The Hall–Kier alpha value is -0.740. The highest BCUT2D eigenvalue weighted by molar-refractivity contribution is 7.90. The van der Waals surface area contributed by atoms with Crippen molar-refractivity contribution in [1.82, 2.24) is 4.31 Å². The van der Waals surface area contributed by atoms with Crippen molar-refractivity contribution in [2.75, 3.05) is 26.4 Å². The molecule has 6 nitrogen and oxygen atoms in total. The van der Waals surface area contributed by atoms with Crippen LogP contribution in [0, 0.1) is 11.2 Å². The number of benzene rings is 1. The van der Waals surface area contributed by atoms with E-state index in [1.165, 1.54) is 7.05 Å². The Labute approximate surface area is 143 Å². The van der Waals surface area contributed by atoms with E-state index in [-0.39, 0.29) is 30.4 Å². The number of halogens is 2. The number of hydrogen-bond donors (Lipinski definition) is 1. The molecule has 10 heteroatoms. The molecule has 0 aromatic heterocycles. The van der Waals surface area contributed by atoms with E-state index >= 15 is 0 Å². The lowest BCUT2D eigenvalue weighted by atomic mass is 9.94. The Bertz CT molecular complexity index is 764. The molecule has 134 valence electrons. The fourth-order valence-electron chi connectivity index (χ4n) is 1.87. The van der Waals surface area contributed by atoms with Crippen LogP contribution in [0.15, 0.2) is 28.0 Å². The first-order chi connectivity index (χ1) is 9.81. The summed E-state index contributed by atoms with van der Waals surface area (Å²) < 4.78 is 62.5. The van der Waals surface area contributed by atoms with Gasteiger partial charge in [-0.25, -0.2) is 25.5 Å². The van der Waals surface area contributed by atoms with Crippen LogP contribution in [0.5, 0.6) is 0 Å². The van der Waals surface area contributed by atoms with Gasteiger partial charge in [0.15, 0.2) is 9.84 Å². The summed E-state index contributed by atoms with van der Waals surface area (Å²) in [4.78, 5) is -0.830. The van der Waals surface area contributed by atoms with E-state index in [0.29, 0.717) is 0 Å². The molecule has 2 N–H and O–H groups in total. The van der Waals surface area contributed by atoms with Gasteiger partial charge in [-0.15, -0.1) is 12.4 Å². The summed E-state index contributed by atoms with van der Waals surface area (Å²) in [5, 5.41) is 0. The van der Waals surface area contributed by atoms with Gasteiger partial charge >= 0.3 is 0 Å². The lowest BCUT2D eigenvalue weighted by Crippen LogP contribution is -2.39. The van der Waals surface area contributed by atoms with Crippen LogP contribution in [0.25, 0.3) is 0 Å². The molecule has 0 atom stereocenters. The van der Waals surface area contributed by atoms with Crippen molar-refractivity contribution < 1.29 is 21.2 Å². The summed E-state index contributed by atoms with van der Waals surface area (Å²) >= 11 is 0. The smallest absolute Gasteiger partial charge is 0.242 e. The molecule has 0 saturated carbocycles. The first-order valence-corrected chi connectivity index (χ1v) is 9.80. The molecule has 0 radical (unpaired) electrons. The van der Waals surface area contributed by atoms with Crippen molar-refractivity contribution in [3.05, 3.63) is 24.0 Å². The van der Waals surface area contributed by atoms with Gasteiger partial charge in [0.25, 0.3) is 0 Å². The zero-order chi connectivity index (χ0) is 17.3. The summed E-state index contributed by atoms with van der Waals surface area (Å²) in [6.45, 7) is 4.06. The highest BCUT2D eigenvalue weighted by Crippen LogP contribution is 2.23. The number of sulfone groups is 1. The normalized spacial score (nSPS) is 13.0. The minimum Gasteiger partial charge on any atom is -0.330 e. The first-order valence-electron chi connectivity index (χ1n) is 6.47. The predicted octanol–water partition coefficient (Wildman–Crippen LogP) is 1.26. The highest BCUT2D eigenvalue weighted by Gasteiger charge is 2.28. The van der Waals surface area contributed by atoms with Crippen LogP contribution in [0.1, 0.15) is 13.8 Å². The van der Waals surface area contributed by atoms with Gasteiger partial charge in [-0.05, 0) is 30.2 Å². The van der Waals surface area contributed by atoms with E-state index < -0.39 is 36.0 Å². The fraction of sp³-hybridized carbons (Fsp3) is 0.538. The largest absolute Gasteiger partial charge is 0.330 e. The molecule has 1 aromatic rings. The van der Waals surface area contributed by atoms with Crippen LogP contribution in [0.2, 0.25) is 0 Å². The third-order valence-electron chi connectivity index (χ3n) is 3.21. The van der Waals surface area contributed by atoms with Crippen molar-refractivity contribution in [3.8, 4) is 0 Å². The van der Waals surface area contributed by atoms with Gasteiger partial charge < -0.3 is 5.73 Å². The fourth-order valence-corrected chi connectivity index (χ4v) is 3.98. The molecular formula is C13H22ClFN2O4S2. The zero-order valence-corrected chi connectivity index (χ0v) is 15.9. The van der Waals surface area contributed by atoms with Crippen molar-refractivity contribution in [1.29, 1.82) is 0 Å². The van der Waals surface area contributed by atoms with Crippen LogP contribution >= 0.6 is 12.4 Å². The van der Waals surface area contributed by atoms with Crippen molar-refractivity contribution >= 4 is 32.3 Å². The molecule has 0 aliphatic heterocycles. The molecule has 0 unspecified atom stereocenters. The van der Waals surface area contributed by atoms with Crippen molar-refractivity contribution in [3.63, 3.8) is 0 Å². The van der Waals surface area contributed by atoms with Gasteiger partial charge in [0, 0.05) is 19.8 Å². The third kappa shape index (κ3) is 5.39. The molecule has 0 heterocycles. The second-order valence-electron chi connectivity index (χ2n) is 5.99. The van der Waals surface area contributed by atoms with E-state index in [1.807, 2.05) is 13.8 Å². The number of nitrogens with zero attached hydrogens (tertiary/aromatic N) is 1. The topological polar surface area (TPSA) is 97.5 Å². The van der Waals surface area contributed by atoms with Crippen LogP contribution in [0.3, 0.4) is 0 Å². The van der Waals surface area contributed by atoms with Gasteiger partial charge in [0.1, 0.15) is 10.7 Å². The molecule has 0 amide bonds. The van der Waals surface area contributed by atoms with Crippen LogP contribution in [-0.2, 0) is 19.9 Å². The lowest BCUT2D eigenvalue weighted by molar-refractivity contribution is 0.292. The van der Waals surface area contributed by atoms with Crippen molar-refractivity contribution in [2.45, 2.75) is 23.6 Å². The average Bonchev–Trinajstić information content (AvgIpc) is 2.36. The molecule has 23 heavy (non-hydrogen) atoms. The van der Waals surface area contributed by atoms with Crippen LogP contribution in [-0.4, -0.2) is 47.5 Å². The van der Waals surface area contributed by atoms with Crippen LogP contribution in [0.4, 0.5) is 4.39 Å². The predicted molar refractivity (Wildman–Crippen MR) is 89.4 cm³/mol. The van der Waals surface area contributed by atoms with E-state index in [2.05, 4.69) is 0 Å². The van der Waals surface area contributed by atoms with Gasteiger partial charge in [-0.1, -0.05) is 13.8 Å². The SMILES string of the molecule is CN(CC(C)(C)CN)S(=O)(=O)c1ccc(S(C)(=O)=O)c(F)c1.Cl. The molecule has 0 aliphatic carbocycles. The summed E-state index contributed by atoms with van der Waals surface area (Å²) in [6, 6.07) is 2.76. The minimum absolute atomic E-state index is 0. The number of rotatable bonds is 6. The maximum atomic E-state index is 13.9. The Morgan fingerprint density at radius 3 is 2.13 bits per heavy atom. The molecule has 0 spiro atoms. The van der Waals surface area contributed by atoms with Crippen LogP contribution < -0.4 is 5.73 Å². The van der Waals surface area contributed by atoms with E-state index in [4.69, 9.17) is 5.73 Å². The average molecular weight is 389 g/mol. The first kappa shape index (κ1) is 22.3. The van der Waals surface area contributed by atoms with Gasteiger partial charge in [-0.2, -0.15) is 0 Å². The molecule has 0 aliphatic rings. The number of nitrogens with two attached hydrogens (primary N) is 1. The van der Waals surface area contributed by atoms with Crippen molar-refractivity contribution in [2.24, 2.45) is 11.1 Å². The standard InChI is InChI=1S/C13H21FN2O4S2.ClH/c1-13(2,8-15)9-16(3)22(19,20)10-5-6-12(11(14)7-10)21(4,17)18;/h5-7H,8-9,15H2,1-4H3;1H. The molecular weight excluding hydrogens is 367 g/mol. The third-order valence-corrected chi connectivity index (χ3v) is 6.14. The monoisotopic (exact) mass is 388 g/mol. The Morgan fingerprint density at radius 1 is 1.22 bits per heavy atom. The molecule has 0 saturated heterocycles. The lowest BCUT2D eigenvalue weighted by Gasteiger charge is -2.28. The number of hydrogen-bond acceptors (Lipinski definition) is 5. The molecule has 1 rings (SSSR count). The second-order valence-corrected chi connectivity index (χ2v) is 10.0. The number of sulfonamides is 1. The zero-order valence-electron chi connectivity index (χ0n) is 13.4. The molecule has 0 bridgehead atoms. The maximum absolute atomic E-state index is 13.9. The Balaban J connectivity index is 0.00000484. The molecule has 0 fully saturated rings. The second kappa shape index (κ2) is 7.43. The van der Waals surface area contributed by atoms with E-state index in [0.717, 1.165) is 28.8 Å². The summed E-state index contributed by atoms with van der Waals surface area (Å²) in [7, 11) is -6.30. The van der Waals surface area contributed by atoms with Gasteiger partial charge in [0.2, 0.25) is 10.0 Å². The Morgan fingerprint density at radius 2 is 1.74 bits per heavy atom. The van der Waals surface area contributed by atoms with Gasteiger partial charge in [-0.3, -0.25) is 0 Å². The summed E-state index contributed by atoms with van der Waals surface area (Å²) in [6.07, 6.45) is 0.857. The van der Waals surface area contributed by atoms with Gasteiger partial charge in [0.05, 0.1) is 4.90 Å². The quantitative estimate of drug-likeness (QED) is 0.791. The Kier molecular flexibility index (Phi) is 7.20. The van der Waals surface area contributed by atoms with E-state index in [1.54, 1.807) is 0 Å². The highest BCUT2D eigenvalue weighted by atomic mass is 35.5. The summed E-state index contributed by atoms with van der Waals surface area (Å²) in [5.41, 5.74) is 5.14. The van der Waals surface area contributed by atoms with E-state index in [9.17, 15) is 21.2 Å². The summed E-state index contributed by atoms with van der Waals surface area (Å²) in [5.74, 6) is -1.09. The maximum Gasteiger partial charge on any atom is 0.242 e.